The number of nitrogens with one attached hydrogen (secondary N) is 2. The van der Waals surface area contributed by atoms with Gasteiger partial charge in [-0.1, -0.05) is 17.7 Å². The minimum Gasteiger partial charge on any atom is -0.377 e. The predicted octanol–water partition coefficient (Wildman–Crippen LogP) is 3.75. The molecule has 0 unspecified atom stereocenters. The maximum atomic E-state index is 13.7. The van der Waals surface area contributed by atoms with Crippen molar-refractivity contribution in [3.63, 3.8) is 0 Å². The quantitative estimate of drug-likeness (QED) is 0.289. The average molecular weight is 639 g/mol. The average Bonchev–Trinajstić information content (AvgIpc) is 3.65. The summed E-state index contributed by atoms with van der Waals surface area (Å²) in [7, 11) is -2.06. The molecule has 14 heteroatoms. The van der Waals surface area contributed by atoms with Crippen LogP contribution in [0.2, 0.25) is 5.15 Å². The lowest BCUT2D eigenvalue weighted by Gasteiger charge is -2.24. The van der Waals surface area contributed by atoms with E-state index in [-0.39, 0.29) is 22.1 Å². The molecule has 4 aromatic rings. The van der Waals surface area contributed by atoms with Crippen LogP contribution in [0, 0.1) is 25.7 Å². The van der Waals surface area contributed by atoms with Gasteiger partial charge in [0, 0.05) is 31.9 Å². The van der Waals surface area contributed by atoms with Crippen LogP contribution >= 0.6 is 11.6 Å². The summed E-state index contributed by atoms with van der Waals surface area (Å²) in [5.74, 6) is 0.702. The van der Waals surface area contributed by atoms with E-state index in [2.05, 4.69) is 38.1 Å². The molecule has 1 saturated heterocycles. The summed E-state index contributed by atoms with van der Waals surface area (Å²) >= 11 is 6.05. The number of fused-ring (bicyclic) bond motifs is 2. The van der Waals surface area contributed by atoms with Crippen molar-refractivity contribution >= 4 is 50.1 Å². The highest BCUT2D eigenvalue weighted by atomic mass is 35.5. The molecule has 1 saturated carbocycles. The SMILES string of the molecule is Cc1cc([C@@H](C)Nc2ccc(Cl)nc2C(=O)NS(C)(=O)=O)c2nc(N3C[C@@H]4CC(n5cc(C)cn5)C[C@H]4C3)n(C)c(=O)c2c1. The zero-order valence-corrected chi connectivity index (χ0v) is 26.8. The molecule has 1 aliphatic carbocycles. The van der Waals surface area contributed by atoms with Crippen LogP contribution < -0.4 is 20.5 Å². The largest absolute Gasteiger partial charge is 0.377 e. The van der Waals surface area contributed by atoms with Crippen LogP contribution in [0.15, 0.2) is 41.5 Å². The molecule has 4 heterocycles. The third-order valence-electron chi connectivity index (χ3n) is 8.64. The smallest absolute Gasteiger partial charge is 0.285 e. The van der Waals surface area contributed by atoms with Crippen molar-refractivity contribution in [2.24, 2.45) is 18.9 Å². The topological polar surface area (TPSA) is 144 Å². The van der Waals surface area contributed by atoms with E-state index >= 15 is 0 Å². The number of pyridine rings is 1. The van der Waals surface area contributed by atoms with Gasteiger partial charge < -0.3 is 10.2 Å². The van der Waals surface area contributed by atoms with Gasteiger partial charge in [-0.3, -0.25) is 18.8 Å². The number of aromatic nitrogens is 5. The zero-order chi connectivity index (χ0) is 31.5. The zero-order valence-electron chi connectivity index (χ0n) is 25.2. The van der Waals surface area contributed by atoms with E-state index in [0.29, 0.717) is 34.7 Å². The highest BCUT2D eigenvalue weighted by Gasteiger charge is 2.43. The number of hydrogen-bond acceptors (Lipinski definition) is 9. The Balaban J connectivity index is 1.31. The van der Waals surface area contributed by atoms with Gasteiger partial charge in [-0.05, 0) is 74.8 Å². The van der Waals surface area contributed by atoms with E-state index < -0.39 is 22.0 Å². The number of aryl methyl sites for hydroxylation is 2. The molecule has 1 aromatic carbocycles. The Bertz CT molecular complexity index is 1940. The summed E-state index contributed by atoms with van der Waals surface area (Å²) in [6, 6.07) is 6.84. The number of carbonyl (C=O) groups is 1. The molecule has 6 rings (SSSR count). The Morgan fingerprint density at radius 3 is 2.43 bits per heavy atom. The Kier molecular flexibility index (Phi) is 7.65. The van der Waals surface area contributed by atoms with Gasteiger partial charge in [-0.15, -0.1) is 0 Å². The molecule has 0 spiro atoms. The van der Waals surface area contributed by atoms with Gasteiger partial charge in [0.25, 0.3) is 11.5 Å². The van der Waals surface area contributed by atoms with Crippen LogP contribution in [-0.2, 0) is 17.1 Å². The van der Waals surface area contributed by atoms with Crippen molar-refractivity contribution < 1.29 is 13.2 Å². The normalized spacial score (nSPS) is 19.4. The lowest BCUT2D eigenvalue weighted by molar-refractivity contribution is 0.0977. The number of rotatable bonds is 7. The van der Waals surface area contributed by atoms with Crippen molar-refractivity contribution in [3.8, 4) is 0 Å². The minimum absolute atomic E-state index is 0.0408. The molecule has 1 aliphatic heterocycles. The Morgan fingerprint density at radius 1 is 1.09 bits per heavy atom. The van der Waals surface area contributed by atoms with Gasteiger partial charge in [0.15, 0.2) is 5.69 Å². The maximum absolute atomic E-state index is 13.7. The Morgan fingerprint density at radius 2 is 1.80 bits per heavy atom. The van der Waals surface area contributed by atoms with Crippen molar-refractivity contribution in [1.29, 1.82) is 0 Å². The molecule has 2 N–H and O–H groups in total. The van der Waals surface area contributed by atoms with Crippen molar-refractivity contribution in [3.05, 3.63) is 74.6 Å². The maximum Gasteiger partial charge on any atom is 0.285 e. The number of amides is 1. The number of anilines is 2. The van der Waals surface area contributed by atoms with E-state index in [9.17, 15) is 18.0 Å². The third kappa shape index (κ3) is 5.77. The van der Waals surface area contributed by atoms with Crippen LogP contribution in [-0.4, -0.2) is 58.0 Å². The first-order valence-corrected chi connectivity index (χ1v) is 16.8. The lowest BCUT2D eigenvalue weighted by Crippen LogP contribution is -2.32. The highest BCUT2D eigenvalue weighted by molar-refractivity contribution is 7.89. The molecular formula is C30H35ClN8O4S. The van der Waals surface area contributed by atoms with Gasteiger partial charge in [0.05, 0.1) is 41.1 Å². The number of benzene rings is 1. The van der Waals surface area contributed by atoms with Crippen LogP contribution in [0.3, 0.4) is 0 Å². The van der Waals surface area contributed by atoms with Crippen molar-refractivity contribution in [2.75, 3.05) is 29.6 Å². The summed E-state index contributed by atoms with van der Waals surface area (Å²) in [5.41, 5.74) is 3.36. The van der Waals surface area contributed by atoms with E-state index in [4.69, 9.17) is 16.6 Å². The molecule has 2 fully saturated rings. The second-order valence-electron chi connectivity index (χ2n) is 12.2. The van der Waals surface area contributed by atoms with Gasteiger partial charge in [-0.2, -0.15) is 5.10 Å². The first-order valence-electron chi connectivity index (χ1n) is 14.5. The van der Waals surface area contributed by atoms with Gasteiger partial charge in [0.2, 0.25) is 16.0 Å². The van der Waals surface area contributed by atoms with Crippen LogP contribution in [0.4, 0.5) is 11.6 Å². The molecule has 44 heavy (non-hydrogen) atoms. The molecule has 3 atom stereocenters. The van der Waals surface area contributed by atoms with Crippen LogP contribution in [0.1, 0.15) is 59.0 Å². The monoisotopic (exact) mass is 638 g/mol. The first-order chi connectivity index (χ1) is 20.8. The van der Waals surface area contributed by atoms with E-state index in [1.807, 2.05) is 36.9 Å². The number of sulfonamides is 1. The van der Waals surface area contributed by atoms with E-state index in [1.54, 1.807) is 17.7 Å². The highest BCUT2D eigenvalue weighted by Crippen LogP contribution is 2.44. The predicted molar refractivity (Wildman–Crippen MR) is 170 cm³/mol. The second-order valence-corrected chi connectivity index (χ2v) is 14.3. The Hall–Kier alpha value is -3.97. The molecular weight excluding hydrogens is 604 g/mol. The fraction of sp³-hybridized carbons (Fsp3) is 0.433. The number of carbonyl (C=O) groups excluding carboxylic acids is 1. The van der Waals surface area contributed by atoms with Crippen molar-refractivity contribution in [1.82, 2.24) is 29.0 Å². The van der Waals surface area contributed by atoms with Crippen LogP contribution in [0.5, 0.6) is 0 Å². The molecule has 2 aliphatic rings. The number of halogens is 1. The van der Waals surface area contributed by atoms with Crippen LogP contribution in [0.25, 0.3) is 10.9 Å². The van der Waals surface area contributed by atoms with E-state index in [0.717, 1.165) is 48.9 Å². The summed E-state index contributed by atoms with van der Waals surface area (Å²) < 4.78 is 29.1. The minimum atomic E-state index is -3.83. The summed E-state index contributed by atoms with van der Waals surface area (Å²) in [5, 5.41) is 8.35. The van der Waals surface area contributed by atoms with Gasteiger partial charge in [0.1, 0.15) is 5.15 Å². The fourth-order valence-electron chi connectivity index (χ4n) is 6.69. The number of nitrogens with zero attached hydrogens (tertiary/aromatic N) is 6. The lowest BCUT2D eigenvalue weighted by atomic mass is 10.0. The molecule has 3 aromatic heterocycles. The fourth-order valence-corrected chi connectivity index (χ4v) is 7.27. The summed E-state index contributed by atoms with van der Waals surface area (Å²) in [4.78, 5) is 37.9. The number of hydrogen-bond donors (Lipinski definition) is 2. The molecule has 0 radical (unpaired) electrons. The third-order valence-corrected chi connectivity index (χ3v) is 9.40. The van der Waals surface area contributed by atoms with Crippen molar-refractivity contribution in [2.45, 2.75) is 45.7 Å². The van der Waals surface area contributed by atoms with Gasteiger partial charge >= 0.3 is 0 Å². The molecule has 12 nitrogen and oxygen atoms in total. The first kappa shape index (κ1) is 30.1. The molecule has 0 bridgehead atoms. The van der Waals surface area contributed by atoms with Gasteiger partial charge in [-0.25, -0.2) is 23.1 Å². The van der Waals surface area contributed by atoms with E-state index in [1.165, 1.54) is 6.07 Å². The summed E-state index contributed by atoms with van der Waals surface area (Å²) in [6.07, 6.45) is 6.98. The second kappa shape index (κ2) is 11.2. The molecule has 1 amide bonds. The standard InChI is InChI=1S/C30H35ClN8O4S/c1-16-8-22(18(3)33-24-6-7-25(31)34-27(24)28(40)36-44(5,42)43)26-23(9-16)29(41)37(4)30(35-26)38-14-19-10-21(11-20(19)15-38)39-13-17(2)12-32-39/h6-9,12-13,18-21,33H,10-11,14-15H2,1-5H3,(H,36,40)/t18-,19+,20+/m1/s1. The summed E-state index contributed by atoms with van der Waals surface area (Å²) in [6.45, 7) is 7.49. The molecule has 232 valence electrons. The Labute approximate surface area is 260 Å².